The van der Waals surface area contributed by atoms with Gasteiger partial charge in [0.05, 0.1) is 6.61 Å². The Morgan fingerprint density at radius 1 is 1.50 bits per heavy atom. The van der Waals surface area contributed by atoms with Gasteiger partial charge in [-0.1, -0.05) is 13.3 Å². The van der Waals surface area contributed by atoms with Crippen LogP contribution < -0.4 is 5.32 Å². The number of hydrogen-bond acceptors (Lipinski definition) is 3. The van der Waals surface area contributed by atoms with Crippen LogP contribution in [-0.2, 0) is 4.74 Å². The third-order valence-corrected chi connectivity index (χ3v) is 1.85. The van der Waals surface area contributed by atoms with Gasteiger partial charge in [-0.3, -0.25) is 0 Å². The molecule has 0 heterocycles. The van der Waals surface area contributed by atoms with Gasteiger partial charge in [0, 0.05) is 19.3 Å². The lowest BCUT2D eigenvalue weighted by Crippen LogP contribution is -2.31. The van der Waals surface area contributed by atoms with Crippen LogP contribution in [0.4, 0.5) is 0 Å². The molecular weight excluding hydrogens is 154 g/mol. The quantitative estimate of drug-likeness (QED) is 0.535. The molecule has 0 bridgehead atoms. The van der Waals surface area contributed by atoms with Gasteiger partial charge in [0.15, 0.2) is 0 Å². The molecule has 1 atom stereocenters. The molecular formula is C9H21NO2. The maximum Gasteiger partial charge on any atom is 0.0620 e. The fourth-order valence-corrected chi connectivity index (χ4v) is 0.939. The van der Waals surface area contributed by atoms with Crippen molar-refractivity contribution in [3.05, 3.63) is 0 Å². The molecule has 0 amide bonds. The number of aliphatic hydroxyl groups is 1. The Morgan fingerprint density at radius 3 is 2.75 bits per heavy atom. The molecule has 0 fully saturated rings. The smallest absolute Gasteiger partial charge is 0.0620 e. The van der Waals surface area contributed by atoms with E-state index in [1.165, 1.54) is 6.42 Å². The second kappa shape index (κ2) is 8.97. The minimum atomic E-state index is 0.225. The van der Waals surface area contributed by atoms with Crippen molar-refractivity contribution in [3.63, 3.8) is 0 Å². The van der Waals surface area contributed by atoms with Crippen LogP contribution in [-0.4, -0.2) is 38.0 Å². The highest BCUT2D eigenvalue weighted by Gasteiger charge is 2.03. The van der Waals surface area contributed by atoms with Gasteiger partial charge in [-0.2, -0.15) is 0 Å². The van der Waals surface area contributed by atoms with E-state index in [0.717, 1.165) is 19.4 Å². The van der Waals surface area contributed by atoms with Gasteiger partial charge in [-0.05, 0) is 19.9 Å². The van der Waals surface area contributed by atoms with Crippen LogP contribution >= 0.6 is 0 Å². The number of likely N-dealkylation sites (N-methyl/N-ethyl adjacent to an activating group) is 1. The zero-order valence-electron chi connectivity index (χ0n) is 8.18. The molecule has 0 saturated carbocycles. The van der Waals surface area contributed by atoms with Gasteiger partial charge in [0.1, 0.15) is 0 Å². The number of unbranched alkanes of at least 4 members (excludes halogenated alkanes) is 1. The average Bonchev–Trinajstić information content (AvgIpc) is 2.10. The molecule has 3 nitrogen and oxygen atoms in total. The molecule has 74 valence electrons. The Kier molecular flexibility index (Phi) is 8.88. The number of ether oxygens (including phenoxy) is 1. The minimum absolute atomic E-state index is 0.225. The number of aliphatic hydroxyl groups excluding tert-OH is 1. The summed E-state index contributed by atoms with van der Waals surface area (Å²) in [5.41, 5.74) is 0. The summed E-state index contributed by atoms with van der Waals surface area (Å²) in [5, 5.41) is 11.8. The lowest BCUT2D eigenvalue weighted by molar-refractivity contribution is 0.102. The van der Waals surface area contributed by atoms with E-state index in [2.05, 4.69) is 12.2 Å². The van der Waals surface area contributed by atoms with E-state index in [0.29, 0.717) is 12.6 Å². The summed E-state index contributed by atoms with van der Waals surface area (Å²) in [6.07, 6.45) is 3.06. The molecule has 1 unspecified atom stereocenters. The molecule has 0 saturated heterocycles. The van der Waals surface area contributed by atoms with E-state index in [1.807, 2.05) is 7.05 Å². The third kappa shape index (κ3) is 6.58. The first-order valence-corrected chi connectivity index (χ1v) is 4.71. The van der Waals surface area contributed by atoms with E-state index in [4.69, 9.17) is 9.84 Å². The molecule has 2 N–H and O–H groups in total. The minimum Gasteiger partial charge on any atom is -0.396 e. The van der Waals surface area contributed by atoms with Gasteiger partial charge in [0.2, 0.25) is 0 Å². The molecule has 0 aliphatic carbocycles. The highest BCUT2D eigenvalue weighted by atomic mass is 16.5. The van der Waals surface area contributed by atoms with Crippen molar-refractivity contribution in [2.24, 2.45) is 0 Å². The van der Waals surface area contributed by atoms with E-state index < -0.39 is 0 Å². The monoisotopic (exact) mass is 175 g/mol. The molecule has 3 heteroatoms. The molecule has 0 aliphatic heterocycles. The lowest BCUT2D eigenvalue weighted by Gasteiger charge is -2.14. The summed E-state index contributed by atoms with van der Waals surface area (Å²) in [6, 6.07) is 0.298. The predicted octanol–water partition coefficient (Wildman–Crippen LogP) is 0.773. The average molecular weight is 175 g/mol. The zero-order valence-corrected chi connectivity index (χ0v) is 8.18. The fourth-order valence-electron chi connectivity index (χ4n) is 0.939. The summed E-state index contributed by atoms with van der Waals surface area (Å²) in [7, 11) is 1.89. The molecule has 12 heavy (non-hydrogen) atoms. The molecule has 0 aromatic rings. The van der Waals surface area contributed by atoms with E-state index in [1.54, 1.807) is 0 Å². The molecule has 0 rings (SSSR count). The molecule has 0 radical (unpaired) electrons. The summed E-state index contributed by atoms with van der Waals surface area (Å²) in [5.74, 6) is 0. The maximum atomic E-state index is 8.67. The van der Waals surface area contributed by atoms with Crippen LogP contribution in [0.1, 0.15) is 26.2 Å². The van der Waals surface area contributed by atoms with E-state index in [-0.39, 0.29) is 6.61 Å². The second-order valence-corrected chi connectivity index (χ2v) is 2.93. The highest BCUT2D eigenvalue weighted by Crippen LogP contribution is 1.93. The number of rotatable bonds is 8. The fraction of sp³-hybridized carbons (Fsp3) is 1.00. The summed E-state index contributed by atoms with van der Waals surface area (Å²) >= 11 is 0. The summed E-state index contributed by atoms with van der Waals surface area (Å²) in [6.45, 7) is 3.91. The maximum absolute atomic E-state index is 8.67. The normalized spacial score (nSPS) is 13.2. The Balaban J connectivity index is 3.19. The first-order chi connectivity index (χ1) is 5.85. The first-order valence-electron chi connectivity index (χ1n) is 4.71. The highest BCUT2D eigenvalue weighted by molar-refractivity contribution is 4.61. The van der Waals surface area contributed by atoms with Crippen LogP contribution in [0.2, 0.25) is 0 Å². The van der Waals surface area contributed by atoms with Crippen LogP contribution in [0.3, 0.4) is 0 Å². The van der Waals surface area contributed by atoms with Crippen LogP contribution in [0, 0.1) is 0 Å². The third-order valence-electron chi connectivity index (χ3n) is 1.85. The number of nitrogens with one attached hydrogen (secondary N) is 1. The molecule has 0 aliphatic rings. The SMILES string of the molecule is CCCCOCC(CCO)NC. The van der Waals surface area contributed by atoms with Crippen molar-refractivity contribution in [2.75, 3.05) is 26.9 Å². The lowest BCUT2D eigenvalue weighted by atomic mass is 10.2. The molecule has 0 aromatic heterocycles. The van der Waals surface area contributed by atoms with Gasteiger partial charge in [-0.25, -0.2) is 0 Å². The number of hydrogen-bond donors (Lipinski definition) is 2. The van der Waals surface area contributed by atoms with Crippen LogP contribution in [0.5, 0.6) is 0 Å². The largest absolute Gasteiger partial charge is 0.396 e. The molecule has 0 spiro atoms. The van der Waals surface area contributed by atoms with Crippen molar-refractivity contribution < 1.29 is 9.84 Å². The Hall–Kier alpha value is -0.120. The van der Waals surface area contributed by atoms with Crippen molar-refractivity contribution in [1.29, 1.82) is 0 Å². The van der Waals surface area contributed by atoms with E-state index in [9.17, 15) is 0 Å². The Morgan fingerprint density at radius 2 is 2.25 bits per heavy atom. The topological polar surface area (TPSA) is 41.5 Å². The standard InChI is InChI=1S/C9H21NO2/c1-3-4-7-12-8-9(10-2)5-6-11/h9-11H,3-8H2,1-2H3. The summed E-state index contributed by atoms with van der Waals surface area (Å²) < 4.78 is 5.41. The van der Waals surface area contributed by atoms with Crippen molar-refractivity contribution in [2.45, 2.75) is 32.2 Å². The Bertz CT molecular complexity index is 88.6. The second-order valence-electron chi connectivity index (χ2n) is 2.93. The predicted molar refractivity (Wildman–Crippen MR) is 50.3 cm³/mol. The Labute approximate surface area is 75.1 Å². The van der Waals surface area contributed by atoms with Crippen molar-refractivity contribution >= 4 is 0 Å². The van der Waals surface area contributed by atoms with Gasteiger partial charge in [-0.15, -0.1) is 0 Å². The van der Waals surface area contributed by atoms with Gasteiger partial charge in [0.25, 0.3) is 0 Å². The van der Waals surface area contributed by atoms with Gasteiger partial charge >= 0.3 is 0 Å². The van der Waals surface area contributed by atoms with Crippen molar-refractivity contribution in [3.8, 4) is 0 Å². The first kappa shape index (κ1) is 11.9. The van der Waals surface area contributed by atoms with Crippen LogP contribution in [0.25, 0.3) is 0 Å². The van der Waals surface area contributed by atoms with E-state index >= 15 is 0 Å². The zero-order chi connectivity index (χ0) is 9.23. The van der Waals surface area contributed by atoms with Crippen molar-refractivity contribution in [1.82, 2.24) is 5.32 Å². The summed E-state index contributed by atoms with van der Waals surface area (Å²) in [4.78, 5) is 0. The van der Waals surface area contributed by atoms with Gasteiger partial charge < -0.3 is 15.2 Å². The molecule has 0 aromatic carbocycles. The van der Waals surface area contributed by atoms with Crippen LogP contribution in [0.15, 0.2) is 0 Å².